The molecular weight excluding hydrogens is 285 g/mol. The molecule has 1 N–H and O–H groups in total. The van der Waals surface area contributed by atoms with Crippen LogP contribution in [0.25, 0.3) is 0 Å². The Balaban J connectivity index is 2.11. The van der Waals surface area contributed by atoms with Gasteiger partial charge in [0.1, 0.15) is 5.82 Å². The van der Waals surface area contributed by atoms with Crippen molar-refractivity contribution < 1.29 is 9.18 Å². The van der Waals surface area contributed by atoms with E-state index in [-0.39, 0.29) is 17.3 Å². The van der Waals surface area contributed by atoms with Crippen LogP contribution in [0.4, 0.5) is 4.39 Å². The van der Waals surface area contributed by atoms with Gasteiger partial charge in [-0.15, -0.1) is 0 Å². The molecule has 17 heavy (non-hydrogen) atoms. The summed E-state index contributed by atoms with van der Waals surface area (Å²) in [7, 11) is 0. The summed E-state index contributed by atoms with van der Waals surface area (Å²) in [6, 6.07) is 5.80. The number of benzene rings is 1. The second-order valence-electron chi connectivity index (χ2n) is 4.59. The van der Waals surface area contributed by atoms with E-state index in [2.05, 4.69) is 21.2 Å². The Morgan fingerprint density at radius 3 is 2.71 bits per heavy atom. The van der Waals surface area contributed by atoms with Crippen molar-refractivity contribution in [2.75, 3.05) is 5.33 Å². The van der Waals surface area contributed by atoms with Gasteiger partial charge in [0.05, 0.1) is 5.54 Å². The fraction of sp³-hybridized carbons (Fsp3) is 0.462. The number of halogens is 2. The molecule has 1 aliphatic rings. The van der Waals surface area contributed by atoms with Gasteiger partial charge in [-0.2, -0.15) is 0 Å². The van der Waals surface area contributed by atoms with E-state index in [1.807, 2.05) is 0 Å². The van der Waals surface area contributed by atoms with E-state index in [0.717, 1.165) is 31.0 Å². The average Bonchev–Trinajstić information content (AvgIpc) is 2.78. The Labute approximate surface area is 109 Å². The molecule has 2 rings (SSSR count). The Hall–Kier alpha value is -0.900. The summed E-state index contributed by atoms with van der Waals surface area (Å²) in [5.74, 6) is -0.567. The molecular formula is C13H15BrFNO. The number of carbonyl (C=O) groups excluding carboxylic acids is 1. The van der Waals surface area contributed by atoms with Gasteiger partial charge in [0.25, 0.3) is 5.91 Å². The number of hydrogen-bond donors (Lipinski definition) is 1. The topological polar surface area (TPSA) is 29.1 Å². The Morgan fingerprint density at radius 1 is 1.41 bits per heavy atom. The summed E-state index contributed by atoms with van der Waals surface area (Å²) < 4.78 is 13.0. The highest BCUT2D eigenvalue weighted by atomic mass is 79.9. The van der Waals surface area contributed by atoms with Crippen LogP contribution in [0.5, 0.6) is 0 Å². The normalized spacial score (nSPS) is 18.0. The lowest BCUT2D eigenvalue weighted by atomic mass is 10.00. The van der Waals surface area contributed by atoms with Crippen molar-refractivity contribution in [2.24, 2.45) is 0 Å². The van der Waals surface area contributed by atoms with Crippen LogP contribution < -0.4 is 5.32 Å². The monoisotopic (exact) mass is 299 g/mol. The van der Waals surface area contributed by atoms with Crippen LogP contribution in [0, 0.1) is 5.82 Å². The van der Waals surface area contributed by atoms with Crippen molar-refractivity contribution >= 4 is 21.8 Å². The second-order valence-corrected chi connectivity index (χ2v) is 5.15. The molecule has 0 radical (unpaired) electrons. The van der Waals surface area contributed by atoms with Crippen molar-refractivity contribution in [3.63, 3.8) is 0 Å². The molecule has 0 atom stereocenters. The molecule has 0 saturated heterocycles. The highest BCUT2D eigenvalue weighted by Crippen LogP contribution is 2.31. The van der Waals surface area contributed by atoms with E-state index in [9.17, 15) is 9.18 Å². The molecule has 0 aliphatic heterocycles. The number of amides is 1. The molecule has 4 heteroatoms. The van der Waals surface area contributed by atoms with E-state index in [0.29, 0.717) is 5.56 Å². The first-order valence-electron chi connectivity index (χ1n) is 5.79. The maximum Gasteiger partial charge on any atom is 0.251 e. The summed E-state index contributed by atoms with van der Waals surface area (Å²) in [5, 5.41) is 3.78. The Bertz CT molecular complexity index is 416. The molecule has 0 bridgehead atoms. The van der Waals surface area contributed by atoms with Crippen LogP contribution in [-0.4, -0.2) is 16.8 Å². The number of carbonyl (C=O) groups is 1. The fourth-order valence-electron chi connectivity index (χ4n) is 2.29. The summed E-state index contributed by atoms with van der Waals surface area (Å²) in [5.41, 5.74) is 0.237. The minimum absolute atomic E-state index is 0.149. The van der Waals surface area contributed by atoms with Gasteiger partial charge in [0, 0.05) is 10.9 Å². The summed E-state index contributed by atoms with van der Waals surface area (Å²) >= 11 is 3.46. The maximum atomic E-state index is 13.0. The summed E-state index contributed by atoms with van der Waals surface area (Å²) in [4.78, 5) is 12.0. The van der Waals surface area contributed by atoms with E-state index in [4.69, 9.17) is 0 Å². The van der Waals surface area contributed by atoms with Crippen molar-refractivity contribution in [3.8, 4) is 0 Å². The molecule has 1 fully saturated rings. The van der Waals surface area contributed by atoms with Gasteiger partial charge in [0.15, 0.2) is 0 Å². The third kappa shape index (κ3) is 2.86. The first-order valence-corrected chi connectivity index (χ1v) is 6.91. The van der Waals surface area contributed by atoms with E-state index in [1.54, 1.807) is 12.1 Å². The van der Waals surface area contributed by atoms with Crippen molar-refractivity contribution in [3.05, 3.63) is 35.6 Å². The van der Waals surface area contributed by atoms with Gasteiger partial charge < -0.3 is 5.32 Å². The molecule has 0 spiro atoms. The first-order chi connectivity index (χ1) is 8.15. The molecule has 0 unspecified atom stereocenters. The van der Waals surface area contributed by atoms with Gasteiger partial charge >= 0.3 is 0 Å². The number of rotatable bonds is 3. The molecule has 0 heterocycles. The van der Waals surface area contributed by atoms with Crippen LogP contribution in [-0.2, 0) is 0 Å². The van der Waals surface area contributed by atoms with Gasteiger partial charge in [0.2, 0.25) is 0 Å². The standard InChI is InChI=1S/C13H15BrFNO/c14-9-13(6-1-2-7-13)16-12(17)10-4-3-5-11(15)8-10/h3-5,8H,1-2,6-7,9H2,(H,16,17). The fourth-order valence-corrected chi connectivity index (χ4v) is 2.99. The van der Waals surface area contributed by atoms with E-state index in [1.165, 1.54) is 12.1 Å². The highest BCUT2D eigenvalue weighted by Gasteiger charge is 2.34. The third-order valence-corrected chi connectivity index (χ3v) is 4.36. The van der Waals surface area contributed by atoms with Crippen LogP contribution in [0.3, 0.4) is 0 Å². The van der Waals surface area contributed by atoms with Crippen LogP contribution >= 0.6 is 15.9 Å². The summed E-state index contributed by atoms with van der Waals surface area (Å²) in [6.45, 7) is 0. The lowest BCUT2D eigenvalue weighted by molar-refractivity contribution is 0.0910. The molecule has 0 aromatic heterocycles. The van der Waals surface area contributed by atoms with Crippen LogP contribution in [0.2, 0.25) is 0 Å². The van der Waals surface area contributed by atoms with Gasteiger partial charge in [-0.25, -0.2) is 4.39 Å². The SMILES string of the molecule is O=C(NC1(CBr)CCCC1)c1cccc(F)c1. The minimum Gasteiger partial charge on any atom is -0.346 e. The molecule has 92 valence electrons. The highest BCUT2D eigenvalue weighted by molar-refractivity contribution is 9.09. The lowest BCUT2D eigenvalue weighted by Gasteiger charge is -2.28. The average molecular weight is 300 g/mol. The van der Waals surface area contributed by atoms with E-state index >= 15 is 0 Å². The van der Waals surface area contributed by atoms with Crippen molar-refractivity contribution in [1.82, 2.24) is 5.32 Å². The van der Waals surface area contributed by atoms with Crippen LogP contribution in [0.1, 0.15) is 36.0 Å². The molecule has 1 amide bonds. The summed E-state index contributed by atoms with van der Waals surface area (Å²) in [6.07, 6.45) is 4.24. The largest absolute Gasteiger partial charge is 0.346 e. The van der Waals surface area contributed by atoms with Crippen molar-refractivity contribution in [1.29, 1.82) is 0 Å². The van der Waals surface area contributed by atoms with Gasteiger partial charge in [-0.3, -0.25) is 4.79 Å². The smallest absolute Gasteiger partial charge is 0.251 e. The quantitative estimate of drug-likeness (QED) is 0.853. The van der Waals surface area contributed by atoms with Gasteiger partial charge in [-0.1, -0.05) is 34.8 Å². The number of nitrogens with one attached hydrogen (secondary N) is 1. The Kier molecular flexibility index (Phi) is 3.82. The van der Waals surface area contributed by atoms with E-state index < -0.39 is 0 Å². The van der Waals surface area contributed by atoms with Crippen LogP contribution in [0.15, 0.2) is 24.3 Å². The molecule has 2 nitrogen and oxygen atoms in total. The number of alkyl halides is 1. The molecule has 1 aromatic rings. The second kappa shape index (κ2) is 5.17. The van der Waals surface area contributed by atoms with Crippen molar-refractivity contribution in [2.45, 2.75) is 31.2 Å². The zero-order valence-corrected chi connectivity index (χ0v) is 11.1. The Morgan fingerprint density at radius 2 is 2.12 bits per heavy atom. The third-order valence-electron chi connectivity index (χ3n) is 3.28. The predicted molar refractivity (Wildman–Crippen MR) is 68.9 cm³/mol. The zero-order chi connectivity index (χ0) is 12.3. The maximum absolute atomic E-state index is 13.0. The van der Waals surface area contributed by atoms with Gasteiger partial charge in [-0.05, 0) is 31.0 Å². The first kappa shape index (κ1) is 12.6. The number of hydrogen-bond acceptors (Lipinski definition) is 1. The molecule has 1 aliphatic carbocycles. The molecule has 1 aromatic carbocycles. The lowest BCUT2D eigenvalue weighted by Crippen LogP contribution is -2.47. The molecule has 1 saturated carbocycles. The predicted octanol–water partition coefficient (Wildman–Crippen LogP) is 3.26. The zero-order valence-electron chi connectivity index (χ0n) is 9.51. The minimum atomic E-state index is -0.378.